The van der Waals surface area contributed by atoms with E-state index in [-0.39, 0.29) is 0 Å². The van der Waals surface area contributed by atoms with Gasteiger partial charge in [-0.2, -0.15) is 0 Å². The first-order chi connectivity index (χ1) is 8.70. The normalized spacial score (nSPS) is 18.0. The molecule has 0 amide bonds. The molecule has 0 bridgehead atoms. The Morgan fingerprint density at radius 1 is 1.17 bits per heavy atom. The molecule has 1 atom stereocenters. The monoisotopic (exact) mass is 258 g/mol. The fraction of sp³-hybridized carbons (Fsp3) is 1.00. The average Bonchev–Trinajstić information content (AvgIpc) is 2.39. The molecular weight excluding hydrogens is 224 g/mol. The summed E-state index contributed by atoms with van der Waals surface area (Å²) in [4.78, 5) is 0. The summed E-state index contributed by atoms with van der Waals surface area (Å²) in [6.07, 6.45) is 9.22. The van der Waals surface area contributed by atoms with Crippen LogP contribution in [0.15, 0.2) is 0 Å². The van der Waals surface area contributed by atoms with Gasteiger partial charge in [-0.15, -0.1) is 0 Å². The predicted molar refractivity (Wildman–Crippen MR) is 80.7 cm³/mol. The molecule has 0 aromatic carbocycles. The molecule has 1 fully saturated rings. The van der Waals surface area contributed by atoms with Gasteiger partial charge in [0.2, 0.25) is 0 Å². The van der Waals surface area contributed by atoms with Gasteiger partial charge < -0.3 is 22.1 Å². The van der Waals surface area contributed by atoms with E-state index in [4.69, 9.17) is 11.5 Å². The summed E-state index contributed by atoms with van der Waals surface area (Å²) in [5.41, 5.74) is 10.8. The largest absolute Gasteiger partial charge is 0.330 e. The fourth-order valence-electron chi connectivity index (χ4n) is 2.09. The fourth-order valence-corrected chi connectivity index (χ4v) is 2.09. The van der Waals surface area contributed by atoms with E-state index in [1.165, 1.54) is 32.1 Å². The lowest BCUT2D eigenvalue weighted by atomic mass is 9.95. The molecule has 1 saturated carbocycles. The van der Waals surface area contributed by atoms with E-state index in [2.05, 4.69) is 10.6 Å². The molecule has 1 rings (SSSR count). The van der Waals surface area contributed by atoms with Crippen LogP contribution in [-0.4, -0.2) is 38.8 Å². The van der Waals surface area contributed by atoms with Crippen molar-refractivity contribution in [1.29, 1.82) is 0 Å². The Balaban J connectivity index is 0.000000360. The molecule has 0 saturated heterocycles. The summed E-state index contributed by atoms with van der Waals surface area (Å²) in [5, 5.41) is 6.56. The average molecular weight is 258 g/mol. The maximum atomic E-state index is 5.44. The van der Waals surface area contributed by atoms with Crippen LogP contribution in [0.2, 0.25) is 0 Å². The predicted octanol–water partition coefficient (Wildman–Crippen LogP) is 1.20. The number of hydrogen-bond donors (Lipinski definition) is 4. The molecule has 1 unspecified atom stereocenters. The maximum absolute atomic E-state index is 5.44. The van der Waals surface area contributed by atoms with Crippen LogP contribution in [0.4, 0.5) is 0 Å². The van der Waals surface area contributed by atoms with Crippen molar-refractivity contribution in [2.75, 3.05) is 26.7 Å². The van der Waals surface area contributed by atoms with Gasteiger partial charge in [-0.3, -0.25) is 0 Å². The third-order valence-corrected chi connectivity index (χ3v) is 3.27. The second-order valence-corrected chi connectivity index (χ2v) is 5.30. The third kappa shape index (κ3) is 12.3. The summed E-state index contributed by atoms with van der Waals surface area (Å²) in [6, 6.07) is 1.14. The van der Waals surface area contributed by atoms with Gasteiger partial charge in [0, 0.05) is 12.1 Å². The van der Waals surface area contributed by atoms with Crippen molar-refractivity contribution in [3.8, 4) is 0 Å². The van der Waals surface area contributed by atoms with Gasteiger partial charge in [0.1, 0.15) is 0 Å². The van der Waals surface area contributed by atoms with Crippen LogP contribution < -0.4 is 22.1 Å². The minimum absolute atomic E-state index is 0.340. The van der Waals surface area contributed by atoms with E-state index in [1.54, 1.807) is 0 Å². The highest BCUT2D eigenvalue weighted by atomic mass is 14.9. The number of nitrogens with one attached hydrogen (secondary N) is 2. The number of rotatable bonds is 7. The zero-order chi connectivity index (χ0) is 13.6. The minimum atomic E-state index is 0.340. The zero-order valence-electron chi connectivity index (χ0n) is 12.4. The number of nitrogens with two attached hydrogens (primary N) is 2. The summed E-state index contributed by atoms with van der Waals surface area (Å²) < 4.78 is 0. The van der Waals surface area contributed by atoms with Crippen molar-refractivity contribution in [2.45, 2.75) is 64.0 Å². The first kappa shape index (κ1) is 17.8. The van der Waals surface area contributed by atoms with Crippen LogP contribution in [0.5, 0.6) is 0 Å². The first-order valence-corrected chi connectivity index (χ1v) is 7.54. The smallest absolute Gasteiger partial charge is 0.00670 e. The Kier molecular flexibility index (Phi) is 13.2. The molecule has 0 aromatic rings. The summed E-state index contributed by atoms with van der Waals surface area (Å²) in [5.74, 6) is 0. The van der Waals surface area contributed by atoms with Crippen molar-refractivity contribution < 1.29 is 0 Å². The molecule has 0 aromatic heterocycles. The van der Waals surface area contributed by atoms with Gasteiger partial charge in [-0.05, 0) is 59.3 Å². The van der Waals surface area contributed by atoms with Crippen molar-refractivity contribution in [2.24, 2.45) is 11.5 Å². The Labute approximate surface area is 113 Å². The van der Waals surface area contributed by atoms with Crippen LogP contribution >= 0.6 is 0 Å². The Bertz CT molecular complexity index is 156. The Morgan fingerprint density at radius 3 is 2.28 bits per heavy atom. The van der Waals surface area contributed by atoms with Gasteiger partial charge in [-0.25, -0.2) is 0 Å². The lowest BCUT2D eigenvalue weighted by molar-refractivity contribution is 0.373. The van der Waals surface area contributed by atoms with Crippen LogP contribution in [0.25, 0.3) is 0 Å². The highest BCUT2D eigenvalue weighted by molar-refractivity contribution is 4.71. The second-order valence-electron chi connectivity index (χ2n) is 5.30. The van der Waals surface area contributed by atoms with E-state index in [0.717, 1.165) is 38.5 Å². The van der Waals surface area contributed by atoms with Crippen molar-refractivity contribution >= 4 is 0 Å². The van der Waals surface area contributed by atoms with E-state index in [9.17, 15) is 0 Å². The molecule has 4 nitrogen and oxygen atoms in total. The summed E-state index contributed by atoms with van der Waals surface area (Å²) in [7, 11) is 1.93. The van der Waals surface area contributed by atoms with Crippen molar-refractivity contribution in [3.05, 3.63) is 0 Å². The molecule has 1 aliphatic rings. The van der Waals surface area contributed by atoms with E-state index in [1.807, 2.05) is 14.0 Å². The number of hydrogen-bond acceptors (Lipinski definition) is 4. The van der Waals surface area contributed by atoms with Crippen LogP contribution in [0.3, 0.4) is 0 Å². The van der Waals surface area contributed by atoms with Gasteiger partial charge in [0.15, 0.2) is 0 Å². The SMILES string of the molecule is CNCCC(C)N.NCCCNC1CCCCC1. The van der Waals surface area contributed by atoms with Gasteiger partial charge >= 0.3 is 0 Å². The van der Waals surface area contributed by atoms with Gasteiger partial charge in [0.25, 0.3) is 0 Å². The van der Waals surface area contributed by atoms with E-state index in [0.29, 0.717) is 6.04 Å². The third-order valence-electron chi connectivity index (χ3n) is 3.27. The van der Waals surface area contributed by atoms with E-state index < -0.39 is 0 Å². The summed E-state index contributed by atoms with van der Waals surface area (Å²) >= 11 is 0. The van der Waals surface area contributed by atoms with Crippen LogP contribution in [0.1, 0.15) is 51.9 Å². The molecule has 4 heteroatoms. The molecule has 110 valence electrons. The van der Waals surface area contributed by atoms with Gasteiger partial charge in [0.05, 0.1) is 0 Å². The molecular formula is C14H34N4. The molecule has 6 N–H and O–H groups in total. The lowest BCUT2D eigenvalue weighted by Gasteiger charge is -2.22. The second kappa shape index (κ2) is 13.3. The molecule has 0 radical (unpaired) electrons. The standard InChI is InChI=1S/C9H20N2.C5H14N2/c10-7-4-8-11-9-5-2-1-3-6-9;1-5(6)3-4-7-2/h9,11H,1-8,10H2;5,7H,3-4,6H2,1-2H3. The molecule has 0 aliphatic heterocycles. The van der Waals surface area contributed by atoms with Crippen molar-refractivity contribution in [1.82, 2.24) is 10.6 Å². The highest BCUT2D eigenvalue weighted by Gasteiger charge is 2.11. The Hall–Kier alpha value is -0.160. The highest BCUT2D eigenvalue weighted by Crippen LogP contribution is 2.16. The minimum Gasteiger partial charge on any atom is -0.330 e. The topological polar surface area (TPSA) is 76.1 Å². The molecule has 1 aliphatic carbocycles. The summed E-state index contributed by atoms with van der Waals surface area (Å²) in [6.45, 7) is 4.97. The lowest BCUT2D eigenvalue weighted by Crippen LogP contribution is -2.32. The maximum Gasteiger partial charge on any atom is 0.00670 e. The van der Waals surface area contributed by atoms with Crippen molar-refractivity contribution in [3.63, 3.8) is 0 Å². The van der Waals surface area contributed by atoms with E-state index >= 15 is 0 Å². The van der Waals surface area contributed by atoms with Crippen LogP contribution in [0, 0.1) is 0 Å². The Morgan fingerprint density at radius 2 is 1.83 bits per heavy atom. The zero-order valence-corrected chi connectivity index (χ0v) is 12.4. The van der Waals surface area contributed by atoms with Crippen LogP contribution in [-0.2, 0) is 0 Å². The first-order valence-electron chi connectivity index (χ1n) is 7.54. The molecule has 18 heavy (non-hydrogen) atoms. The van der Waals surface area contributed by atoms with Gasteiger partial charge in [-0.1, -0.05) is 19.3 Å². The quantitative estimate of drug-likeness (QED) is 0.518. The molecule has 0 spiro atoms. The molecule has 0 heterocycles.